The maximum absolute atomic E-state index is 11.8. The van der Waals surface area contributed by atoms with Crippen molar-refractivity contribution in [2.24, 2.45) is 10.9 Å². The zero-order chi connectivity index (χ0) is 13.1. The quantitative estimate of drug-likeness (QED) is 0.271. The number of nitrogens with two attached hydrogens (primary N) is 1. The molecule has 100 valence electrons. The highest BCUT2D eigenvalue weighted by Crippen LogP contribution is 2.15. The highest BCUT2D eigenvalue weighted by atomic mass is 32.2. The summed E-state index contributed by atoms with van der Waals surface area (Å²) in [5, 5.41) is 11.4. The fraction of sp³-hybridized carbons (Fsp3) is 0.889. The highest BCUT2D eigenvalue weighted by molar-refractivity contribution is 7.89. The number of hydrogen-bond donors (Lipinski definition) is 3. The largest absolute Gasteiger partial charge is 0.409 e. The summed E-state index contributed by atoms with van der Waals surface area (Å²) in [6, 6.07) is 0. The number of oxime groups is 1. The van der Waals surface area contributed by atoms with Crippen LogP contribution in [0.2, 0.25) is 0 Å². The van der Waals surface area contributed by atoms with Crippen LogP contribution in [-0.4, -0.2) is 43.5 Å². The SMILES string of the molecule is CC(C)(NS(=O)(=O)CC1CCCO1)C(N)=NO. The Balaban J connectivity index is 2.65. The van der Waals surface area contributed by atoms with Crippen LogP contribution in [0.5, 0.6) is 0 Å². The van der Waals surface area contributed by atoms with Gasteiger partial charge in [0.15, 0.2) is 5.84 Å². The van der Waals surface area contributed by atoms with Crippen molar-refractivity contribution in [3.05, 3.63) is 0 Å². The zero-order valence-corrected chi connectivity index (χ0v) is 10.8. The number of sulfonamides is 1. The molecule has 1 saturated heterocycles. The standard InChI is InChI=1S/C9H19N3O4S/c1-9(2,8(10)11-13)12-17(14,15)6-7-4-3-5-16-7/h7,12-13H,3-6H2,1-2H3,(H2,10,11). The summed E-state index contributed by atoms with van der Waals surface area (Å²) in [6.45, 7) is 3.65. The Morgan fingerprint density at radius 1 is 1.65 bits per heavy atom. The van der Waals surface area contributed by atoms with Gasteiger partial charge in [-0.05, 0) is 26.7 Å². The smallest absolute Gasteiger partial charge is 0.215 e. The molecule has 1 fully saturated rings. The van der Waals surface area contributed by atoms with Crippen molar-refractivity contribution < 1.29 is 18.4 Å². The lowest BCUT2D eigenvalue weighted by molar-refractivity contribution is 0.127. The van der Waals surface area contributed by atoms with Crippen molar-refractivity contribution in [1.29, 1.82) is 0 Å². The molecule has 1 aliphatic heterocycles. The third-order valence-corrected chi connectivity index (χ3v) is 4.22. The van der Waals surface area contributed by atoms with Crippen LogP contribution in [0.15, 0.2) is 5.16 Å². The van der Waals surface area contributed by atoms with E-state index in [1.54, 1.807) is 0 Å². The number of nitrogens with zero attached hydrogens (tertiary/aromatic N) is 1. The molecule has 1 atom stereocenters. The predicted molar refractivity (Wildman–Crippen MR) is 63.4 cm³/mol. The van der Waals surface area contributed by atoms with Crippen LogP contribution in [0.3, 0.4) is 0 Å². The Kier molecular flexibility index (Phi) is 4.34. The molecule has 7 nitrogen and oxygen atoms in total. The van der Waals surface area contributed by atoms with Gasteiger partial charge in [-0.2, -0.15) is 0 Å². The summed E-state index contributed by atoms with van der Waals surface area (Å²) in [5.41, 5.74) is 4.29. The first-order chi connectivity index (χ1) is 7.77. The molecule has 1 heterocycles. The second-order valence-corrected chi connectivity index (χ2v) is 6.40. The fourth-order valence-corrected chi connectivity index (χ4v) is 3.35. The molecule has 0 aliphatic carbocycles. The van der Waals surface area contributed by atoms with E-state index in [0.29, 0.717) is 6.61 Å². The van der Waals surface area contributed by atoms with Gasteiger partial charge in [0.25, 0.3) is 0 Å². The van der Waals surface area contributed by atoms with Crippen LogP contribution in [0, 0.1) is 0 Å². The van der Waals surface area contributed by atoms with E-state index in [4.69, 9.17) is 15.7 Å². The van der Waals surface area contributed by atoms with Gasteiger partial charge in [0.2, 0.25) is 10.0 Å². The molecule has 0 bridgehead atoms. The summed E-state index contributed by atoms with van der Waals surface area (Å²) in [7, 11) is -3.52. The van der Waals surface area contributed by atoms with E-state index < -0.39 is 15.6 Å². The van der Waals surface area contributed by atoms with Gasteiger partial charge in [0.1, 0.15) is 0 Å². The number of ether oxygens (including phenoxy) is 1. The van der Waals surface area contributed by atoms with E-state index in [-0.39, 0.29) is 17.7 Å². The molecule has 1 unspecified atom stereocenters. The third-order valence-electron chi connectivity index (χ3n) is 2.59. The van der Waals surface area contributed by atoms with Crippen LogP contribution < -0.4 is 10.5 Å². The Hall–Kier alpha value is -0.860. The lowest BCUT2D eigenvalue weighted by Gasteiger charge is -2.24. The molecule has 8 heteroatoms. The summed E-state index contributed by atoms with van der Waals surface area (Å²) in [6.07, 6.45) is 1.35. The lowest BCUT2D eigenvalue weighted by atomic mass is 10.1. The molecule has 1 aliphatic rings. The first-order valence-electron chi connectivity index (χ1n) is 5.38. The van der Waals surface area contributed by atoms with Crippen molar-refractivity contribution in [1.82, 2.24) is 4.72 Å². The fourth-order valence-electron chi connectivity index (χ4n) is 1.63. The molecule has 17 heavy (non-hydrogen) atoms. The summed E-state index contributed by atoms with van der Waals surface area (Å²) in [4.78, 5) is 0. The first kappa shape index (κ1) is 14.2. The van der Waals surface area contributed by atoms with Crippen LogP contribution in [0.25, 0.3) is 0 Å². The van der Waals surface area contributed by atoms with Gasteiger partial charge in [-0.25, -0.2) is 13.1 Å². The minimum atomic E-state index is -3.52. The average molecular weight is 265 g/mol. The van der Waals surface area contributed by atoms with Crippen molar-refractivity contribution in [2.75, 3.05) is 12.4 Å². The summed E-state index contributed by atoms with van der Waals surface area (Å²) < 4.78 is 31.3. The Bertz CT molecular complexity index is 385. The van der Waals surface area contributed by atoms with Gasteiger partial charge in [-0.15, -0.1) is 0 Å². The molecule has 0 amide bonds. The maximum Gasteiger partial charge on any atom is 0.215 e. The first-order valence-corrected chi connectivity index (χ1v) is 7.03. The minimum absolute atomic E-state index is 0.102. The van der Waals surface area contributed by atoms with E-state index in [1.165, 1.54) is 13.8 Å². The Morgan fingerprint density at radius 3 is 2.76 bits per heavy atom. The molecule has 0 aromatic carbocycles. The minimum Gasteiger partial charge on any atom is -0.409 e. The normalized spacial score (nSPS) is 22.9. The van der Waals surface area contributed by atoms with Gasteiger partial charge < -0.3 is 15.7 Å². The Morgan fingerprint density at radius 2 is 2.29 bits per heavy atom. The molecular formula is C9H19N3O4S. The highest BCUT2D eigenvalue weighted by Gasteiger charge is 2.31. The maximum atomic E-state index is 11.8. The second-order valence-electron chi connectivity index (χ2n) is 4.63. The van der Waals surface area contributed by atoms with Crippen molar-refractivity contribution in [2.45, 2.75) is 38.3 Å². The zero-order valence-electron chi connectivity index (χ0n) is 10.0. The average Bonchev–Trinajstić information content (AvgIpc) is 2.66. The molecule has 1 rings (SSSR count). The van der Waals surface area contributed by atoms with Crippen LogP contribution in [-0.2, 0) is 14.8 Å². The van der Waals surface area contributed by atoms with E-state index in [2.05, 4.69) is 9.88 Å². The molecule has 0 aromatic heterocycles. The van der Waals surface area contributed by atoms with E-state index in [9.17, 15) is 8.42 Å². The van der Waals surface area contributed by atoms with Crippen LogP contribution in [0.1, 0.15) is 26.7 Å². The lowest BCUT2D eigenvalue weighted by Crippen LogP contribution is -2.54. The number of amidine groups is 1. The monoisotopic (exact) mass is 265 g/mol. The molecule has 0 spiro atoms. The summed E-state index contributed by atoms with van der Waals surface area (Å²) in [5.74, 6) is -0.289. The van der Waals surface area contributed by atoms with Gasteiger partial charge in [-0.1, -0.05) is 5.16 Å². The van der Waals surface area contributed by atoms with Gasteiger partial charge in [0, 0.05) is 6.61 Å². The van der Waals surface area contributed by atoms with Crippen LogP contribution in [0.4, 0.5) is 0 Å². The van der Waals surface area contributed by atoms with Crippen molar-refractivity contribution >= 4 is 15.9 Å². The second kappa shape index (κ2) is 5.19. The van der Waals surface area contributed by atoms with Crippen molar-refractivity contribution in [3.8, 4) is 0 Å². The van der Waals surface area contributed by atoms with E-state index >= 15 is 0 Å². The van der Waals surface area contributed by atoms with E-state index in [1.807, 2.05) is 0 Å². The van der Waals surface area contributed by atoms with Crippen LogP contribution >= 0.6 is 0 Å². The van der Waals surface area contributed by atoms with Gasteiger partial charge >= 0.3 is 0 Å². The molecule has 0 aromatic rings. The molecule has 0 radical (unpaired) electrons. The van der Waals surface area contributed by atoms with Gasteiger partial charge in [0.05, 0.1) is 17.4 Å². The van der Waals surface area contributed by atoms with E-state index in [0.717, 1.165) is 12.8 Å². The molecular weight excluding hydrogens is 246 g/mol. The number of hydrogen-bond acceptors (Lipinski definition) is 5. The van der Waals surface area contributed by atoms with Gasteiger partial charge in [-0.3, -0.25) is 0 Å². The topological polar surface area (TPSA) is 114 Å². The van der Waals surface area contributed by atoms with Crippen molar-refractivity contribution in [3.63, 3.8) is 0 Å². The summed E-state index contributed by atoms with van der Waals surface area (Å²) >= 11 is 0. The number of nitrogens with one attached hydrogen (secondary N) is 1. The third kappa shape index (κ3) is 4.14. The number of rotatable bonds is 5. The predicted octanol–water partition coefficient (Wildman–Crippen LogP) is -0.390. The molecule has 4 N–H and O–H groups in total. The molecule has 0 saturated carbocycles. The Labute approximate surface area is 101 Å².